The molecule has 0 aliphatic heterocycles. The van der Waals surface area contributed by atoms with E-state index in [4.69, 9.17) is 17.1 Å². The summed E-state index contributed by atoms with van der Waals surface area (Å²) in [7, 11) is 0. The third-order valence-corrected chi connectivity index (χ3v) is 5.16. The van der Waals surface area contributed by atoms with E-state index < -0.39 is 11.9 Å². The van der Waals surface area contributed by atoms with Crippen LogP contribution in [0, 0.1) is 6.92 Å². The Kier molecular flexibility index (Phi) is 7.79. The minimum absolute atomic E-state index is 0.160. The Bertz CT molecular complexity index is 1650. The molecule has 5 rings (SSSR count). The lowest BCUT2D eigenvalue weighted by molar-refractivity contribution is 0.100. The van der Waals surface area contributed by atoms with Gasteiger partial charge in [-0.1, -0.05) is 29.8 Å². The molecular formula is C25H18ClN9O2. The standard InChI is InChI=1S/C15H12ClN5O.C10H6N4O/c1-9-6-13(16)20-14(18-9)21-15(22)19-12-3-2-11-8-17-5-4-10(11)7-12;11-14-13-10(15)8-1-2-9-6-12-4-3-7(9)5-8/h2-8H,1H3,(H2,18,19,20,21,22);1-6H. The minimum Gasteiger partial charge on any atom is -0.308 e. The molecule has 3 amide bonds. The maximum absolute atomic E-state index is 12.0. The SMILES string of the molecule is Cc1cc(Cl)nc(NC(=O)Nc2ccc3cnccc3c2)n1.[N-]=[N+]=NC(=O)c1ccc2cnccc2c1. The molecule has 5 aromatic rings. The summed E-state index contributed by atoms with van der Waals surface area (Å²) in [6.07, 6.45) is 6.82. The first-order chi connectivity index (χ1) is 17.9. The molecule has 0 saturated heterocycles. The number of pyridine rings is 2. The maximum Gasteiger partial charge on any atom is 0.326 e. The second-order valence-corrected chi connectivity index (χ2v) is 7.99. The number of benzene rings is 2. The molecule has 0 atom stereocenters. The first-order valence-corrected chi connectivity index (χ1v) is 11.2. The summed E-state index contributed by atoms with van der Waals surface area (Å²) in [6, 6.07) is 15.4. The van der Waals surface area contributed by atoms with Crippen molar-refractivity contribution in [1.29, 1.82) is 0 Å². The summed E-state index contributed by atoms with van der Waals surface area (Å²) in [6.45, 7) is 1.77. The van der Waals surface area contributed by atoms with E-state index in [1.54, 1.807) is 68.1 Å². The molecule has 0 radical (unpaired) electrons. The molecule has 11 nitrogen and oxygen atoms in total. The molecule has 182 valence electrons. The van der Waals surface area contributed by atoms with Gasteiger partial charge in [0.1, 0.15) is 5.15 Å². The fourth-order valence-electron chi connectivity index (χ4n) is 3.33. The Hall–Kier alpha value is -5.12. The number of amides is 3. The van der Waals surface area contributed by atoms with E-state index in [1.807, 2.05) is 18.2 Å². The molecule has 0 saturated carbocycles. The van der Waals surface area contributed by atoms with Crippen LogP contribution >= 0.6 is 11.6 Å². The average Bonchev–Trinajstić information content (AvgIpc) is 2.88. The second-order valence-electron chi connectivity index (χ2n) is 7.60. The second kappa shape index (κ2) is 11.5. The van der Waals surface area contributed by atoms with E-state index in [0.29, 0.717) is 16.9 Å². The van der Waals surface area contributed by atoms with Crippen LogP contribution in [0.5, 0.6) is 0 Å². The number of azide groups is 1. The van der Waals surface area contributed by atoms with Crippen LogP contribution in [0.2, 0.25) is 5.15 Å². The van der Waals surface area contributed by atoms with Crippen molar-refractivity contribution in [3.05, 3.63) is 106 Å². The maximum atomic E-state index is 12.0. The van der Waals surface area contributed by atoms with E-state index >= 15 is 0 Å². The molecular weight excluding hydrogens is 494 g/mol. The Balaban J connectivity index is 0.000000186. The molecule has 0 aliphatic rings. The van der Waals surface area contributed by atoms with Gasteiger partial charge >= 0.3 is 6.03 Å². The predicted molar refractivity (Wildman–Crippen MR) is 141 cm³/mol. The predicted octanol–water partition coefficient (Wildman–Crippen LogP) is 6.32. The summed E-state index contributed by atoms with van der Waals surface area (Å²) in [5, 5.41) is 12.4. The van der Waals surface area contributed by atoms with Gasteiger partial charge in [0.25, 0.3) is 0 Å². The molecule has 0 unspecified atom stereocenters. The van der Waals surface area contributed by atoms with Gasteiger partial charge in [-0.05, 0) is 64.7 Å². The van der Waals surface area contributed by atoms with Gasteiger partial charge in [-0.2, -0.15) is 0 Å². The molecule has 0 aliphatic carbocycles. The Morgan fingerprint density at radius 1 is 0.865 bits per heavy atom. The highest BCUT2D eigenvalue weighted by molar-refractivity contribution is 6.29. The van der Waals surface area contributed by atoms with Crippen LogP contribution < -0.4 is 10.6 Å². The molecule has 3 aromatic heterocycles. The molecule has 2 N–H and O–H groups in total. The highest BCUT2D eigenvalue weighted by atomic mass is 35.5. The smallest absolute Gasteiger partial charge is 0.308 e. The number of hydrogen-bond donors (Lipinski definition) is 2. The van der Waals surface area contributed by atoms with Crippen molar-refractivity contribution in [2.45, 2.75) is 6.92 Å². The van der Waals surface area contributed by atoms with Gasteiger partial charge in [0.15, 0.2) is 0 Å². The number of aryl methyl sites for hydroxylation is 1. The largest absolute Gasteiger partial charge is 0.326 e. The third-order valence-electron chi connectivity index (χ3n) is 4.97. The number of hydrogen-bond acceptors (Lipinski definition) is 6. The number of carbonyl (C=O) groups is 2. The van der Waals surface area contributed by atoms with E-state index in [0.717, 1.165) is 21.5 Å². The van der Waals surface area contributed by atoms with Gasteiger partial charge < -0.3 is 5.32 Å². The van der Waals surface area contributed by atoms with Crippen molar-refractivity contribution >= 4 is 56.7 Å². The number of halogens is 1. The summed E-state index contributed by atoms with van der Waals surface area (Å²) in [5.74, 6) is -0.413. The van der Waals surface area contributed by atoms with Crippen molar-refractivity contribution in [2.75, 3.05) is 10.6 Å². The van der Waals surface area contributed by atoms with Crippen molar-refractivity contribution in [3.63, 3.8) is 0 Å². The van der Waals surface area contributed by atoms with Crippen molar-refractivity contribution in [2.24, 2.45) is 5.11 Å². The van der Waals surface area contributed by atoms with Crippen LogP contribution in [0.4, 0.5) is 16.4 Å². The Morgan fingerprint density at radius 3 is 2.22 bits per heavy atom. The topological polar surface area (TPSA) is 159 Å². The van der Waals surface area contributed by atoms with Crippen molar-refractivity contribution < 1.29 is 9.59 Å². The quantitative estimate of drug-likeness (QED) is 0.125. The average molecular weight is 512 g/mol. The van der Waals surface area contributed by atoms with Crippen molar-refractivity contribution in [1.82, 2.24) is 19.9 Å². The molecule has 0 spiro atoms. The minimum atomic E-state index is -0.573. The molecule has 2 aromatic carbocycles. The molecule has 3 heterocycles. The lowest BCUT2D eigenvalue weighted by Gasteiger charge is -2.08. The summed E-state index contributed by atoms with van der Waals surface area (Å²) < 4.78 is 0. The third kappa shape index (κ3) is 6.73. The van der Waals surface area contributed by atoms with E-state index in [1.165, 1.54) is 0 Å². The van der Waals surface area contributed by atoms with Crippen LogP contribution in [0.15, 0.2) is 84.5 Å². The Labute approximate surface area is 215 Å². The zero-order valence-corrected chi connectivity index (χ0v) is 20.1. The number of rotatable bonds is 3. The van der Waals surface area contributed by atoms with Crippen LogP contribution in [0.25, 0.3) is 32.0 Å². The van der Waals surface area contributed by atoms with E-state index in [9.17, 15) is 9.59 Å². The zero-order chi connectivity index (χ0) is 26.2. The van der Waals surface area contributed by atoms with Crippen LogP contribution in [0.3, 0.4) is 0 Å². The number of carbonyl (C=O) groups excluding carboxylic acids is 2. The fraction of sp³-hybridized carbons (Fsp3) is 0.0400. The van der Waals surface area contributed by atoms with E-state index in [-0.39, 0.29) is 11.1 Å². The van der Waals surface area contributed by atoms with Gasteiger partial charge in [0.2, 0.25) is 11.9 Å². The van der Waals surface area contributed by atoms with Gasteiger partial charge in [0.05, 0.1) is 0 Å². The van der Waals surface area contributed by atoms with Gasteiger partial charge in [-0.25, -0.2) is 14.8 Å². The monoisotopic (exact) mass is 511 g/mol. The molecule has 0 bridgehead atoms. The molecule has 37 heavy (non-hydrogen) atoms. The van der Waals surface area contributed by atoms with Crippen LogP contribution in [-0.4, -0.2) is 31.9 Å². The summed E-state index contributed by atoms with van der Waals surface area (Å²) in [5.41, 5.74) is 9.86. The van der Waals surface area contributed by atoms with Gasteiger partial charge in [0, 0.05) is 57.4 Å². The Morgan fingerprint density at radius 2 is 1.54 bits per heavy atom. The van der Waals surface area contributed by atoms with E-state index in [2.05, 4.69) is 40.6 Å². The highest BCUT2D eigenvalue weighted by Gasteiger charge is 2.07. The van der Waals surface area contributed by atoms with Crippen molar-refractivity contribution in [3.8, 4) is 0 Å². The summed E-state index contributed by atoms with van der Waals surface area (Å²) in [4.78, 5) is 41.7. The van der Waals surface area contributed by atoms with Crippen LogP contribution in [-0.2, 0) is 0 Å². The number of nitrogens with one attached hydrogen (secondary N) is 2. The number of urea groups is 1. The van der Waals surface area contributed by atoms with Gasteiger partial charge in [-0.15, -0.1) is 0 Å². The fourth-order valence-corrected chi connectivity index (χ4v) is 3.56. The highest BCUT2D eigenvalue weighted by Crippen LogP contribution is 2.18. The first kappa shape index (κ1) is 25.0. The normalized spacial score (nSPS) is 10.1. The lowest BCUT2D eigenvalue weighted by atomic mass is 10.1. The molecule has 0 fully saturated rings. The first-order valence-electron chi connectivity index (χ1n) is 10.8. The number of aromatic nitrogens is 4. The number of anilines is 2. The van der Waals surface area contributed by atoms with Crippen LogP contribution in [0.1, 0.15) is 16.1 Å². The number of nitrogens with zero attached hydrogens (tertiary/aromatic N) is 7. The number of fused-ring (bicyclic) bond motifs is 2. The summed E-state index contributed by atoms with van der Waals surface area (Å²) >= 11 is 5.83. The molecule has 12 heteroatoms. The lowest BCUT2D eigenvalue weighted by Crippen LogP contribution is -2.21. The zero-order valence-electron chi connectivity index (χ0n) is 19.3. The van der Waals surface area contributed by atoms with Gasteiger partial charge in [-0.3, -0.25) is 20.1 Å².